The van der Waals surface area contributed by atoms with E-state index in [9.17, 15) is 14.4 Å². The zero-order valence-electron chi connectivity index (χ0n) is 16.9. The highest BCUT2D eigenvalue weighted by Gasteiger charge is 2.37. The number of rotatable bonds is 4. The monoisotopic (exact) mass is 431 g/mol. The molecule has 0 aliphatic carbocycles. The zero-order valence-corrected chi connectivity index (χ0v) is 16.9. The van der Waals surface area contributed by atoms with Gasteiger partial charge in [-0.15, -0.1) is 0 Å². The number of carbonyl (C=O) groups is 3. The van der Waals surface area contributed by atoms with Crippen molar-refractivity contribution in [2.24, 2.45) is 0 Å². The SMILES string of the molecule is COc1ccc(-n2cccc2/C=C2\C(=O)NC(=O)N(c3ccc4c(c3)OCO4)C2=O)cc1. The van der Waals surface area contributed by atoms with Gasteiger partial charge in [-0.3, -0.25) is 14.9 Å². The molecule has 0 spiro atoms. The zero-order chi connectivity index (χ0) is 22.2. The predicted octanol–water partition coefficient (Wildman–Crippen LogP) is 2.88. The molecule has 0 atom stereocenters. The number of carbonyl (C=O) groups excluding carboxylic acids is 3. The van der Waals surface area contributed by atoms with Crippen LogP contribution in [0.25, 0.3) is 11.8 Å². The molecular weight excluding hydrogens is 414 g/mol. The third-order valence-corrected chi connectivity index (χ3v) is 5.14. The van der Waals surface area contributed by atoms with Crippen LogP contribution in [0.4, 0.5) is 10.5 Å². The second kappa shape index (κ2) is 7.62. The lowest BCUT2D eigenvalue weighted by Crippen LogP contribution is -2.54. The first kappa shape index (κ1) is 19.4. The van der Waals surface area contributed by atoms with E-state index in [0.717, 1.165) is 10.6 Å². The first-order chi connectivity index (χ1) is 15.5. The maximum atomic E-state index is 13.2. The largest absolute Gasteiger partial charge is 0.497 e. The molecule has 3 heterocycles. The normalized spacial score (nSPS) is 16.5. The molecule has 2 aliphatic rings. The maximum Gasteiger partial charge on any atom is 0.335 e. The van der Waals surface area contributed by atoms with Gasteiger partial charge in [-0.25, -0.2) is 9.69 Å². The first-order valence-corrected chi connectivity index (χ1v) is 9.68. The second-order valence-electron chi connectivity index (χ2n) is 7.00. The van der Waals surface area contributed by atoms with Crippen molar-refractivity contribution in [3.8, 4) is 22.9 Å². The van der Waals surface area contributed by atoms with Gasteiger partial charge in [0, 0.05) is 23.6 Å². The third kappa shape index (κ3) is 3.25. The summed E-state index contributed by atoms with van der Waals surface area (Å²) in [6.07, 6.45) is 3.26. The van der Waals surface area contributed by atoms with Gasteiger partial charge in [-0.05, 0) is 54.6 Å². The van der Waals surface area contributed by atoms with Crippen LogP contribution in [-0.4, -0.2) is 36.3 Å². The molecule has 2 aromatic carbocycles. The Morgan fingerprint density at radius 3 is 2.50 bits per heavy atom. The van der Waals surface area contributed by atoms with Crippen LogP contribution in [0.2, 0.25) is 0 Å². The van der Waals surface area contributed by atoms with E-state index in [2.05, 4.69) is 5.32 Å². The van der Waals surface area contributed by atoms with E-state index in [4.69, 9.17) is 14.2 Å². The number of anilines is 1. The van der Waals surface area contributed by atoms with Crippen LogP contribution >= 0.6 is 0 Å². The molecule has 0 radical (unpaired) electrons. The molecule has 0 saturated carbocycles. The number of benzene rings is 2. The minimum atomic E-state index is -0.832. The van der Waals surface area contributed by atoms with Crippen LogP contribution in [0.15, 0.2) is 66.4 Å². The first-order valence-electron chi connectivity index (χ1n) is 9.68. The van der Waals surface area contributed by atoms with Gasteiger partial charge in [0.2, 0.25) is 6.79 Å². The van der Waals surface area contributed by atoms with Crippen molar-refractivity contribution in [1.82, 2.24) is 9.88 Å². The van der Waals surface area contributed by atoms with E-state index in [0.29, 0.717) is 22.9 Å². The molecule has 9 heteroatoms. The summed E-state index contributed by atoms with van der Waals surface area (Å²) in [5, 5.41) is 2.22. The average Bonchev–Trinajstić information content (AvgIpc) is 3.45. The number of urea groups is 1. The topological polar surface area (TPSA) is 99.1 Å². The number of imide groups is 2. The molecule has 1 N–H and O–H groups in total. The fraction of sp³-hybridized carbons (Fsp3) is 0.0870. The van der Waals surface area contributed by atoms with E-state index >= 15 is 0 Å². The summed E-state index contributed by atoms with van der Waals surface area (Å²) in [6, 6.07) is 14.7. The Bertz CT molecular complexity index is 1280. The minimum Gasteiger partial charge on any atom is -0.497 e. The van der Waals surface area contributed by atoms with Crippen molar-refractivity contribution >= 4 is 29.6 Å². The highest BCUT2D eigenvalue weighted by molar-refractivity contribution is 6.39. The summed E-state index contributed by atoms with van der Waals surface area (Å²) in [5.74, 6) is 0.141. The summed E-state index contributed by atoms with van der Waals surface area (Å²) in [6.45, 7) is 0.0604. The van der Waals surface area contributed by atoms with Gasteiger partial charge in [0.15, 0.2) is 11.5 Å². The molecule has 32 heavy (non-hydrogen) atoms. The summed E-state index contributed by atoms with van der Waals surface area (Å²) >= 11 is 0. The number of ether oxygens (including phenoxy) is 3. The van der Waals surface area contributed by atoms with Gasteiger partial charge in [0.05, 0.1) is 12.8 Å². The van der Waals surface area contributed by atoms with Crippen molar-refractivity contribution in [3.63, 3.8) is 0 Å². The number of amides is 4. The summed E-state index contributed by atoms with van der Waals surface area (Å²) < 4.78 is 17.6. The molecule has 9 nitrogen and oxygen atoms in total. The van der Waals surface area contributed by atoms with E-state index < -0.39 is 17.8 Å². The van der Waals surface area contributed by atoms with Crippen LogP contribution in [0, 0.1) is 0 Å². The van der Waals surface area contributed by atoms with Gasteiger partial charge >= 0.3 is 6.03 Å². The molecule has 0 unspecified atom stereocenters. The van der Waals surface area contributed by atoms with Gasteiger partial charge in [0.25, 0.3) is 11.8 Å². The number of nitrogens with zero attached hydrogens (tertiary/aromatic N) is 2. The lowest BCUT2D eigenvalue weighted by atomic mass is 10.1. The van der Waals surface area contributed by atoms with Gasteiger partial charge in [-0.2, -0.15) is 0 Å². The Morgan fingerprint density at radius 2 is 1.72 bits per heavy atom. The minimum absolute atomic E-state index is 0.0604. The Morgan fingerprint density at radius 1 is 0.969 bits per heavy atom. The number of aromatic nitrogens is 1. The summed E-state index contributed by atoms with van der Waals surface area (Å²) in [4.78, 5) is 39.1. The Labute approximate surface area is 182 Å². The van der Waals surface area contributed by atoms with Crippen molar-refractivity contribution in [3.05, 3.63) is 72.1 Å². The molecular formula is C23H17N3O6. The summed E-state index contributed by atoms with van der Waals surface area (Å²) in [7, 11) is 1.58. The molecule has 1 fully saturated rings. The number of hydrogen-bond acceptors (Lipinski definition) is 6. The number of hydrogen-bond donors (Lipinski definition) is 1. The fourth-order valence-electron chi connectivity index (χ4n) is 3.55. The van der Waals surface area contributed by atoms with Gasteiger partial charge in [-0.1, -0.05) is 0 Å². The Kier molecular flexibility index (Phi) is 4.63. The maximum absolute atomic E-state index is 13.2. The van der Waals surface area contributed by atoms with Gasteiger partial charge < -0.3 is 18.8 Å². The number of barbiturate groups is 1. The highest BCUT2D eigenvalue weighted by atomic mass is 16.7. The highest BCUT2D eigenvalue weighted by Crippen LogP contribution is 2.36. The molecule has 3 aromatic rings. The van der Waals surface area contributed by atoms with Crippen molar-refractivity contribution in [2.75, 3.05) is 18.8 Å². The van der Waals surface area contributed by atoms with E-state index in [1.54, 1.807) is 37.6 Å². The predicted molar refractivity (Wildman–Crippen MR) is 114 cm³/mol. The number of methoxy groups -OCH3 is 1. The van der Waals surface area contributed by atoms with E-state index in [-0.39, 0.29) is 18.1 Å². The van der Waals surface area contributed by atoms with Crippen LogP contribution in [0.3, 0.4) is 0 Å². The molecule has 160 valence electrons. The lowest BCUT2D eigenvalue weighted by Gasteiger charge is -2.26. The molecule has 0 bridgehead atoms. The van der Waals surface area contributed by atoms with Crippen LogP contribution in [0.5, 0.6) is 17.2 Å². The molecule has 1 saturated heterocycles. The second-order valence-corrected chi connectivity index (χ2v) is 7.00. The third-order valence-electron chi connectivity index (χ3n) is 5.14. The quantitative estimate of drug-likeness (QED) is 0.504. The molecule has 2 aliphatic heterocycles. The van der Waals surface area contributed by atoms with Crippen LogP contribution in [0.1, 0.15) is 5.69 Å². The fourth-order valence-corrected chi connectivity index (χ4v) is 3.55. The van der Waals surface area contributed by atoms with Crippen LogP contribution < -0.4 is 24.4 Å². The lowest BCUT2D eigenvalue weighted by molar-refractivity contribution is -0.122. The van der Waals surface area contributed by atoms with Crippen molar-refractivity contribution in [2.45, 2.75) is 0 Å². The molecule has 5 rings (SSSR count). The summed E-state index contributed by atoms with van der Waals surface area (Å²) in [5.41, 5.74) is 1.50. The van der Waals surface area contributed by atoms with Crippen molar-refractivity contribution < 1.29 is 28.6 Å². The van der Waals surface area contributed by atoms with Crippen LogP contribution in [-0.2, 0) is 9.59 Å². The van der Waals surface area contributed by atoms with Gasteiger partial charge in [0.1, 0.15) is 11.3 Å². The average molecular weight is 431 g/mol. The molecule has 1 aromatic heterocycles. The number of nitrogens with one attached hydrogen (secondary N) is 1. The standard InChI is InChI=1S/C23H17N3O6/c1-30-17-7-4-14(5-8-17)25-10-2-3-15(25)11-18-21(27)24-23(29)26(22(18)28)16-6-9-19-20(12-16)32-13-31-19/h2-12H,13H2,1H3,(H,24,27,29)/b18-11+. The van der Waals surface area contributed by atoms with E-state index in [1.807, 2.05) is 28.8 Å². The molecule has 4 amide bonds. The van der Waals surface area contributed by atoms with Crippen molar-refractivity contribution in [1.29, 1.82) is 0 Å². The Hall–Kier alpha value is -4.53. The Balaban J connectivity index is 1.51. The number of fused-ring (bicyclic) bond motifs is 1. The van der Waals surface area contributed by atoms with E-state index in [1.165, 1.54) is 12.1 Å². The smallest absolute Gasteiger partial charge is 0.335 e.